The van der Waals surface area contributed by atoms with Gasteiger partial charge >= 0.3 is 0 Å². The van der Waals surface area contributed by atoms with Crippen molar-refractivity contribution in [1.82, 2.24) is 19.2 Å². The Morgan fingerprint density at radius 3 is 2.45 bits per heavy atom. The molecule has 0 saturated carbocycles. The number of hydrogen-bond donors (Lipinski definition) is 0. The largest absolute Gasteiger partial charge is 0.368 e. The quantitative estimate of drug-likeness (QED) is 0.512. The second kappa shape index (κ2) is 7.54. The molecule has 1 aliphatic heterocycles. The van der Waals surface area contributed by atoms with E-state index in [1.807, 2.05) is 35.9 Å². The molecule has 7 nitrogen and oxygen atoms in total. The van der Waals surface area contributed by atoms with Crippen LogP contribution in [0, 0.1) is 5.82 Å². The van der Waals surface area contributed by atoms with Crippen molar-refractivity contribution in [3.05, 3.63) is 70.9 Å². The molecule has 4 aromatic rings. The van der Waals surface area contributed by atoms with Crippen molar-refractivity contribution in [3.8, 4) is 0 Å². The van der Waals surface area contributed by atoms with Crippen molar-refractivity contribution < 1.29 is 9.18 Å². The number of benzene rings is 2. The van der Waals surface area contributed by atoms with E-state index in [-0.39, 0.29) is 23.8 Å². The summed E-state index contributed by atoms with van der Waals surface area (Å²) in [5.74, 6) is -0.398. The van der Waals surface area contributed by atoms with Gasteiger partial charge in [0.05, 0.1) is 6.20 Å². The molecule has 2 aromatic carbocycles. The molecule has 8 heteroatoms. The van der Waals surface area contributed by atoms with Crippen LogP contribution in [0.4, 0.5) is 10.1 Å². The second-order valence-corrected chi connectivity index (χ2v) is 7.79. The molecule has 1 aliphatic rings. The molecule has 1 saturated heterocycles. The molecule has 3 heterocycles. The first-order chi connectivity index (χ1) is 15.0. The first-order valence-electron chi connectivity index (χ1n) is 10.2. The van der Waals surface area contributed by atoms with Gasteiger partial charge in [0.25, 0.3) is 5.56 Å². The van der Waals surface area contributed by atoms with Gasteiger partial charge in [0.2, 0.25) is 5.91 Å². The van der Waals surface area contributed by atoms with Crippen LogP contribution >= 0.6 is 0 Å². The summed E-state index contributed by atoms with van der Waals surface area (Å²) in [6.45, 7) is 2.30. The lowest BCUT2D eigenvalue weighted by molar-refractivity contribution is -0.132. The zero-order valence-electron chi connectivity index (χ0n) is 17.2. The molecule has 2 aromatic heterocycles. The topological polar surface area (TPSA) is 63.4 Å². The first-order valence-corrected chi connectivity index (χ1v) is 10.2. The van der Waals surface area contributed by atoms with Gasteiger partial charge in [-0.05, 0) is 30.3 Å². The van der Waals surface area contributed by atoms with Crippen LogP contribution in [-0.2, 0) is 18.4 Å². The zero-order chi connectivity index (χ0) is 21.5. The van der Waals surface area contributed by atoms with Gasteiger partial charge < -0.3 is 14.4 Å². The van der Waals surface area contributed by atoms with E-state index >= 15 is 0 Å². The Morgan fingerprint density at radius 2 is 1.71 bits per heavy atom. The van der Waals surface area contributed by atoms with Crippen molar-refractivity contribution in [2.24, 2.45) is 7.05 Å². The third kappa shape index (κ3) is 3.34. The number of rotatable bonds is 3. The Balaban J connectivity index is 1.33. The van der Waals surface area contributed by atoms with Crippen molar-refractivity contribution >= 4 is 33.4 Å². The van der Waals surface area contributed by atoms with E-state index in [1.54, 1.807) is 23.2 Å². The molecule has 158 valence electrons. The maximum atomic E-state index is 13.1. The van der Waals surface area contributed by atoms with Crippen LogP contribution in [0.5, 0.6) is 0 Å². The standard InChI is InChI=1S/C23H22FN5O2/c1-26-20-5-3-2-4-18(20)19-14-25-29(23(31)22(19)26)15-21(30)28-12-10-27(11-13-28)17-8-6-16(24)7-9-17/h2-9,14H,10-13,15H2,1H3. The highest BCUT2D eigenvalue weighted by molar-refractivity contribution is 6.07. The fourth-order valence-corrected chi connectivity index (χ4v) is 4.32. The van der Waals surface area contributed by atoms with Crippen LogP contribution in [0.1, 0.15) is 0 Å². The first kappa shape index (κ1) is 19.3. The lowest BCUT2D eigenvalue weighted by Gasteiger charge is -2.36. The molecular weight excluding hydrogens is 397 g/mol. The molecule has 5 rings (SSSR count). The average molecular weight is 419 g/mol. The average Bonchev–Trinajstić information content (AvgIpc) is 3.09. The van der Waals surface area contributed by atoms with Crippen molar-refractivity contribution in [2.45, 2.75) is 6.54 Å². The minimum atomic E-state index is -0.269. The Kier molecular flexibility index (Phi) is 4.69. The molecule has 1 amide bonds. The van der Waals surface area contributed by atoms with Crippen LogP contribution in [0.25, 0.3) is 21.8 Å². The van der Waals surface area contributed by atoms with Crippen LogP contribution < -0.4 is 10.5 Å². The summed E-state index contributed by atoms with van der Waals surface area (Å²) in [7, 11) is 1.85. The number of halogens is 1. The van der Waals surface area contributed by atoms with Crippen LogP contribution in [-0.4, -0.2) is 51.3 Å². The molecule has 0 N–H and O–H groups in total. The predicted molar refractivity (Wildman–Crippen MR) is 118 cm³/mol. The number of piperazine rings is 1. The molecule has 0 unspecified atom stereocenters. The molecule has 0 bridgehead atoms. The van der Waals surface area contributed by atoms with Crippen molar-refractivity contribution in [1.29, 1.82) is 0 Å². The number of aryl methyl sites for hydroxylation is 1. The van der Waals surface area contributed by atoms with Gasteiger partial charge in [0.15, 0.2) is 0 Å². The number of carbonyl (C=O) groups is 1. The third-order valence-electron chi connectivity index (χ3n) is 6.02. The second-order valence-electron chi connectivity index (χ2n) is 7.79. The third-order valence-corrected chi connectivity index (χ3v) is 6.02. The fraction of sp³-hybridized carbons (Fsp3) is 0.261. The van der Waals surface area contributed by atoms with E-state index in [0.29, 0.717) is 31.7 Å². The fourth-order valence-electron chi connectivity index (χ4n) is 4.32. The van der Waals surface area contributed by atoms with Crippen molar-refractivity contribution in [2.75, 3.05) is 31.1 Å². The van der Waals surface area contributed by atoms with Crippen LogP contribution in [0.3, 0.4) is 0 Å². The number of nitrogens with zero attached hydrogens (tertiary/aromatic N) is 5. The van der Waals surface area contributed by atoms with E-state index in [9.17, 15) is 14.0 Å². The molecule has 0 spiro atoms. The number of carbonyl (C=O) groups excluding carboxylic acids is 1. The highest BCUT2D eigenvalue weighted by Crippen LogP contribution is 2.24. The monoisotopic (exact) mass is 419 g/mol. The number of para-hydroxylation sites is 1. The van der Waals surface area contributed by atoms with Gasteiger partial charge in [-0.3, -0.25) is 9.59 Å². The van der Waals surface area contributed by atoms with E-state index in [4.69, 9.17) is 0 Å². The lowest BCUT2D eigenvalue weighted by atomic mass is 10.2. The van der Waals surface area contributed by atoms with Crippen LogP contribution in [0.2, 0.25) is 0 Å². The number of fused-ring (bicyclic) bond motifs is 3. The zero-order valence-corrected chi connectivity index (χ0v) is 17.2. The molecule has 0 aliphatic carbocycles. The van der Waals surface area contributed by atoms with E-state index < -0.39 is 0 Å². The van der Waals surface area contributed by atoms with Gasteiger partial charge in [-0.2, -0.15) is 5.10 Å². The van der Waals surface area contributed by atoms with E-state index in [2.05, 4.69) is 10.00 Å². The Bertz CT molecular complexity index is 1330. The number of amides is 1. The summed E-state index contributed by atoms with van der Waals surface area (Å²) in [6.07, 6.45) is 1.67. The smallest absolute Gasteiger partial charge is 0.291 e. The predicted octanol–water partition coefficient (Wildman–Crippen LogP) is 2.38. The maximum Gasteiger partial charge on any atom is 0.291 e. The van der Waals surface area contributed by atoms with E-state index in [1.165, 1.54) is 16.8 Å². The summed E-state index contributed by atoms with van der Waals surface area (Å²) in [4.78, 5) is 29.8. The summed E-state index contributed by atoms with van der Waals surface area (Å²) in [5.41, 5.74) is 2.17. The molecular formula is C23H22FN5O2. The Morgan fingerprint density at radius 1 is 1.00 bits per heavy atom. The minimum absolute atomic E-state index is 0.0904. The molecule has 0 radical (unpaired) electrons. The maximum absolute atomic E-state index is 13.1. The summed E-state index contributed by atoms with van der Waals surface area (Å²) >= 11 is 0. The van der Waals surface area contributed by atoms with Gasteiger partial charge in [-0.15, -0.1) is 0 Å². The van der Waals surface area contributed by atoms with Crippen molar-refractivity contribution in [3.63, 3.8) is 0 Å². The van der Waals surface area contributed by atoms with Gasteiger partial charge in [-0.25, -0.2) is 9.07 Å². The van der Waals surface area contributed by atoms with Gasteiger partial charge in [0, 0.05) is 55.2 Å². The SMILES string of the molecule is Cn1c2ccccc2c2cnn(CC(=O)N3CCN(c4ccc(F)cc4)CC3)c(=O)c21. The lowest BCUT2D eigenvalue weighted by Crippen LogP contribution is -2.50. The molecule has 1 fully saturated rings. The van der Waals surface area contributed by atoms with Crippen LogP contribution in [0.15, 0.2) is 59.5 Å². The number of hydrogen-bond acceptors (Lipinski definition) is 4. The minimum Gasteiger partial charge on any atom is -0.368 e. The number of anilines is 1. The normalized spacial score (nSPS) is 14.5. The summed E-state index contributed by atoms with van der Waals surface area (Å²) in [6, 6.07) is 14.2. The number of aromatic nitrogens is 3. The summed E-state index contributed by atoms with van der Waals surface area (Å²) in [5, 5.41) is 6.04. The Labute approximate surface area is 177 Å². The van der Waals surface area contributed by atoms with Gasteiger partial charge in [-0.1, -0.05) is 18.2 Å². The molecule has 0 atom stereocenters. The highest BCUT2D eigenvalue weighted by atomic mass is 19.1. The van der Waals surface area contributed by atoms with E-state index in [0.717, 1.165) is 22.0 Å². The highest BCUT2D eigenvalue weighted by Gasteiger charge is 2.23. The molecule has 31 heavy (non-hydrogen) atoms. The van der Waals surface area contributed by atoms with Gasteiger partial charge in [0.1, 0.15) is 17.9 Å². The Hall–Kier alpha value is -3.68. The summed E-state index contributed by atoms with van der Waals surface area (Å²) < 4.78 is 16.2.